The maximum absolute atomic E-state index is 5.97. The first-order valence-corrected chi connectivity index (χ1v) is 6.09. The summed E-state index contributed by atoms with van der Waals surface area (Å²) >= 11 is 1.63. The Morgan fingerprint density at radius 1 is 1.35 bits per heavy atom. The van der Waals surface area contributed by atoms with Crippen LogP contribution in [0.15, 0.2) is 35.0 Å². The van der Waals surface area contributed by atoms with Crippen molar-refractivity contribution in [3.8, 4) is 11.4 Å². The molecule has 0 saturated carbocycles. The molecule has 3 rings (SSSR count). The first-order chi connectivity index (χ1) is 8.31. The number of para-hydroxylation sites is 1. The maximum atomic E-state index is 5.97. The number of rotatable bonds is 2. The summed E-state index contributed by atoms with van der Waals surface area (Å²) in [6.45, 7) is 0. The van der Waals surface area contributed by atoms with E-state index in [0.717, 1.165) is 22.5 Å². The van der Waals surface area contributed by atoms with Crippen molar-refractivity contribution < 1.29 is 4.74 Å². The van der Waals surface area contributed by atoms with E-state index in [1.807, 2.05) is 39.6 Å². The molecule has 0 spiro atoms. The average Bonchev–Trinajstić information content (AvgIpc) is 2.93. The van der Waals surface area contributed by atoms with Gasteiger partial charge in [0.2, 0.25) is 5.95 Å². The van der Waals surface area contributed by atoms with E-state index >= 15 is 0 Å². The highest BCUT2D eigenvalue weighted by Crippen LogP contribution is 2.29. The summed E-state index contributed by atoms with van der Waals surface area (Å²) in [6, 6.07) is 7.82. The third-order valence-corrected chi connectivity index (χ3v) is 3.33. The molecule has 2 heterocycles. The van der Waals surface area contributed by atoms with Gasteiger partial charge in [0.05, 0.1) is 18.3 Å². The van der Waals surface area contributed by atoms with Gasteiger partial charge in [-0.3, -0.25) is 4.57 Å². The summed E-state index contributed by atoms with van der Waals surface area (Å²) < 4.78 is 7.21. The van der Waals surface area contributed by atoms with Gasteiger partial charge in [-0.15, -0.1) is 0 Å². The number of anilines is 1. The van der Waals surface area contributed by atoms with Crippen LogP contribution < -0.4 is 10.5 Å². The van der Waals surface area contributed by atoms with Crippen LogP contribution >= 0.6 is 11.3 Å². The molecule has 0 radical (unpaired) electrons. The quantitative estimate of drug-likeness (QED) is 0.755. The summed E-state index contributed by atoms with van der Waals surface area (Å²) in [5.74, 6) is 1.21. The van der Waals surface area contributed by atoms with E-state index in [4.69, 9.17) is 10.5 Å². The summed E-state index contributed by atoms with van der Waals surface area (Å²) in [7, 11) is 1.63. The Morgan fingerprint density at radius 2 is 2.24 bits per heavy atom. The lowest BCUT2D eigenvalue weighted by molar-refractivity contribution is 0.419. The van der Waals surface area contributed by atoms with Gasteiger partial charge in [0.15, 0.2) is 0 Å². The first kappa shape index (κ1) is 10.2. The molecule has 3 aromatic rings. The maximum Gasteiger partial charge on any atom is 0.206 e. The number of hydrogen-bond acceptors (Lipinski definition) is 4. The van der Waals surface area contributed by atoms with Crippen molar-refractivity contribution in [2.45, 2.75) is 0 Å². The largest absolute Gasteiger partial charge is 0.494 e. The predicted octanol–water partition coefficient (Wildman–Crippen LogP) is 2.68. The number of methoxy groups -OCH3 is 1. The number of imidazole rings is 1. The van der Waals surface area contributed by atoms with Crippen LogP contribution in [0.4, 0.5) is 5.95 Å². The monoisotopic (exact) mass is 245 g/mol. The molecule has 0 atom stereocenters. The van der Waals surface area contributed by atoms with E-state index in [-0.39, 0.29) is 0 Å². The van der Waals surface area contributed by atoms with Crippen LogP contribution in [0.3, 0.4) is 0 Å². The second-order valence-corrected chi connectivity index (χ2v) is 4.40. The molecule has 0 saturated heterocycles. The molecule has 86 valence electrons. The molecule has 0 aliphatic heterocycles. The van der Waals surface area contributed by atoms with Crippen LogP contribution in [0.5, 0.6) is 5.75 Å². The van der Waals surface area contributed by atoms with E-state index in [1.54, 1.807) is 18.4 Å². The zero-order valence-corrected chi connectivity index (χ0v) is 10.1. The zero-order valence-electron chi connectivity index (χ0n) is 9.25. The first-order valence-electron chi connectivity index (χ1n) is 5.15. The highest BCUT2D eigenvalue weighted by Gasteiger charge is 2.13. The van der Waals surface area contributed by atoms with E-state index in [2.05, 4.69) is 4.98 Å². The van der Waals surface area contributed by atoms with E-state index in [1.165, 1.54) is 0 Å². The summed E-state index contributed by atoms with van der Waals surface area (Å²) in [5, 5.41) is 4.05. The Morgan fingerprint density at radius 3 is 2.94 bits per heavy atom. The van der Waals surface area contributed by atoms with Crippen molar-refractivity contribution in [1.29, 1.82) is 0 Å². The molecule has 4 nitrogen and oxygen atoms in total. The molecule has 0 aliphatic carbocycles. The molecular weight excluding hydrogens is 234 g/mol. The van der Waals surface area contributed by atoms with Gasteiger partial charge in [0.25, 0.3) is 0 Å². The van der Waals surface area contributed by atoms with Crippen molar-refractivity contribution in [2.24, 2.45) is 0 Å². The number of benzene rings is 1. The number of nitrogens with zero attached hydrogens (tertiary/aromatic N) is 2. The van der Waals surface area contributed by atoms with Crippen LogP contribution in [0.1, 0.15) is 0 Å². The lowest BCUT2D eigenvalue weighted by atomic mass is 10.3. The van der Waals surface area contributed by atoms with Gasteiger partial charge in [0.1, 0.15) is 11.3 Å². The van der Waals surface area contributed by atoms with Crippen LogP contribution in [0.25, 0.3) is 16.7 Å². The SMILES string of the molecule is COc1cccc2c1nc(N)n2-c1ccsc1. The fourth-order valence-corrected chi connectivity index (χ4v) is 2.53. The predicted molar refractivity (Wildman–Crippen MR) is 69.9 cm³/mol. The average molecular weight is 245 g/mol. The van der Waals surface area contributed by atoms with E-state index in [9.17, 15) is 0 Å². The fraction of sp³-hybridized carbons (Fsp3) is 0.0833. The smallest absolute Gasteiger partial charge is 0.206 e. The molecule has 1 aromatic carbocycles. The van der Waals surface area contributed by atoms with Crippen LogP contribution in [0.2, 0.25) is 0 Å². The normalized spacial score (nSPS) is 10.9. The number of fused-ring (bicyclic) bond motifs is 1. The van der Waals surface area contributed by atoms with E-state index < -0.39 is 0 Å². The Hall–Kier alpha value is -2.01. The lowest BCUT2D eigenvalue weighted by Crippen LogP contribution is -1.98. The molecule has 0 unspecified atom stereocenters. The molecule has 2 N–H and O–H groups in total. The number of hydrogen-bond donors (Lipinski definition) is 1. The highest BCUT2D eigenvalue weighted by atomic mass is 32.1. The Bertz CT molecular complexity index is 658. The summed E-state index contributed by atoms with van der Waals surface area (Å²) in [4.78, 5) is 4.36. The number of thiophene rings is 1. The molecule has 17 heavy (non-hydrogen) atoms. The number of aromatic nitrogens is 2. The van der Waals surface area contributed by atoms with Crippen molar-refractivity contribution in [1.82, 2.24) is 9.55 Å². The Labute approximate surface area is 102 Å². The molecule has 2 aromatic heterocycles. The third-order valence-electron chi connectivity index (χ3n) is 2.66. The minimum absolute atomic E-state index is 0.475. The number of nitrogen functional groups attached to an aromatic ring is 1. The molecule has 0 aliphatic rings. The van der Waals surface area contributed by atoms with Crippen LogP contribution in [-0.4, -0.2) is 16.7 Å². The van der Waals surface area contributed by atoms with Gasteiger partial charge in [-0.1, -0.05) is 6.07 Å². The molecule has 0 bridgehead atoms. The molecule has 0 amide bonds. The molecule has 5 heteroatoms. The van der Waals surface area contributed by atoms with Crippen LogP contribution in [-0.2, 0) is 0 Å². The summed E-state index contributed by atoms with van der Waals surface area (Å²) in [5.41, 5.74) is 8.75. The van der Waals surface area contributed by atoms with Crippen molar-refractivity contribution in [2.75, 3.05) is 12.8 Å². The van der Waals surface area contributed by atoms with Gasteiger partial charge >= 0.3 is 0 Å². The van der Waals surface area contributed by atoms with Gasteiger partial charge in [-0.05, 0) is 23.6 Å². The number of nitrogens with two attached hydrogens (primary N) is 1. The Kier molecular flexibility index (Phi) is 2.26. The molecule has 0 fully saturated rings. The standard InChI is InChI=1S/C12H11N3OS/c1-16-10-4-2-3-9-11(10)14-12(13)15(9)8-5-6-17-7-8/h2-7H,1H3,(H2,13,14). The lowest BCUT2D eigenvalue weighted by Gasteiger charge is -2.03. The van der Waals surface area contributed by atoms with Crippen molar-refractivity contribution >= 4 is 28.3 Å². The third kappa shape index (κ3) is 1.47. The van der Waals surface area contributed by atoms with E-state index in [0.29, 0.717) is 5.95 Å². The Balaban J connectivity index is 2.36. The number of ether oxygens (including phenoxy) is 1. The second kappa shape index (κ2) is 3.78. The zero-order chi connectivity index (χ0) is 11.8. The second-order valence-electron chi connectivity index (χ2n) is 3.61. The minimum Gasteiger partial charge on any atom is -0.494 e. The van der Waals surface area contributed by atoms with Crippen LogP contribution in [0, 0.1) is 0 Å². The minimum atomic E-state index is 0.475. The highest BCUT2D eigenvalue weighted by molar-refractivity contribution is 7.08. The van der Waals surface area contributed by atoms with Crippen molar-refractivity contribution in [3.63, 3.8) is 0 Å². The van der Waals surface area contributed by atoms with Gasteiger partial charge < -0.3 is 10.5 Å². The molecular formula is C12H11N3OS. The fourth-order valence-electron chi connectivity index (χ4n) is 1.91. The van der Waals surface area contributed by atoms with Crippen molar-refractivity contribution in [3.05, 3.63) is 35.0 Å². The van der Waals surface area contributed by atoms with Gasteiger partial charge in [-0.25, -0.2) is 4.98 Å². The van der Waals surface area contributed by atoms with Gasteiger partial charge in [-0.2, -0.15) is 11.3 Å². The summed E-state index contributed by atoms with van der Waals surface area (Å²) in [6.07, 6.45) is 0. The topological polar surface area (TPSA) is 53.1 Å². The van der Waals surface area contributed by atoms with Gasteiger partial charge in [0, 0.05) is 5.38 Å².